The number of carbonyl (C=O) groups excluding carboxylic acids is 1. The Bertz CT molecular complexity index is 562. The van der Waals surface area contributed by atoms with Gasteiger partial charge in [-0.2, -0.15) is 0 Å². The van der Waals surface area contributed by atoms with E-state index in [0.29, 0.717) is 12.1 Å². The van der Waals surface area contributed by atoms with Crippen LogP contribution in [0.4, 0.5) is 0 Å². The van der Waals surface area contributed by atoms with Gasteiger partial charge in [0.15, 0.2) is 0 Å². The van der Waals surface area contributed by atoms with Gasteiger partial charge in [0.1, 0.15) is 5.60 Å². The van der Waals surface area contributed by atoms with E-state index in [1.165, 1.54) is 5.56 Å². The van der Waals surface area contributed by atoms with Gasteiger partial charge in [0, 0.05) is 12.7 Å². The van der Waals surface area contributed by atoms with Crippen LogP contribution in [0.3, 0.4) is 0 Å². The Balaban J connectivity index is 0.00000242. The third-order valence-electron chi connectivity index (χ3n) is 3.02. The molecule has 0 amide bonds. The number of ether oxygens (including phenoxy) is 1. The zero-order valence-electron chi connectivity index (χ0n) is 13.2. The number of rotatable bonds is 3. The molecule has 4 nitrogen and oxygen atoms in total. The van der Waals surface area contributed by atoms with Crippen molar-refractivity contribution >= 4 is 23.0 Å². The summed E-state index contributed by atoms with van der Waals surface area (Å²) in [7, 11) is 0. The van der Waals surface area contributed by atoms with Crippen LogP contribution in [0.5, 0.6) is 0 Å². The first-order chi connectivity index (χ1) is 9.85. The average molecular weight is 367 g/mol. The van der Waals surface area contributed by atoms with Crippen LogP contribution < -0.4 is 5.73 Å². The third-order valence-corrected chi connectivity index (χ3v) is 3.02. The van der Waals surface area contributed by atoms with Gasteiger partial charge < -0.3 is 15.4 Å². The van der Waals surface area contributed by atoms with Crippen LogP contribution >= 0.6 is 17.0 Å². The molecule has 1 aliphatic rings. The SMILES string of the molecule is Br.CC(C)(C)OC(=O)C1=CC(N)N(Cc2ccccc2)C=C1. The molecule has 0 aromatic heterocycles. The molecule has 1 atom stereocenters. The van der Waals surface area contributed by atoms with Crippen LogP contribution in [-0.4, -0.2) is 22.6 Å². The van der Waals surface area contributed by atoms with Crippen molar-refractivity contribution in [2.24, 2.45) is 5.73 Å². The maximum Gasteiger partial charge on any atom is 0.338 e. The zero-order valence-corrected chi connectivity index (χ0v) is 14.9. The van der Waals surface area contributed by atoms with Crippen LogP contribution in [0.2, 0.25) is 0 Å². The molecule has 22 heavy (non-hydrogen) atoms. The lowest BCUT2D eigenvalue weighted by Gasteiger charge is -2.29. The summed E-state index contributed by atoms with van der Waals surface area (Å²) in [5.41, 5.74) is 7.28. The van der Waals surface area contributed by atoms with Crippen LogP contribution in [0.25, 0.3) is 0 Å². The molecule has 1 aromatic rings. The highest BCUT2D eigenvalue weighted by Gasteiger charge is 2.22. The molecule has 0 saturated carbocycles. The predicted molar refractivity (Wildman–Crippen MR) is 93.4 cm³/mol. The van der Waals surface area contributed by atoms with E-state index < -0.39 is 5.60 Å². The first kappa shape index (κ1) is 18.5. The zero-order chi connectivity index (χ0) is 15.5. The Labute approximate surface area is 142 Å². The monoisotopic (exact) mass is 366 g/mol. The van der Waals surface area contributed by atoms with Gasteiger partial charge in [0.25, 0.3) is 0 Å². The van der Waals surface area contributed by atoms with Crippen LogP contribution in [0, 0.1) is 0 Å². The minimum Gasteiger partial charge on any atom is -0.456 e. The minimum atomic E-state index is -0.503. The van der Waals surface area contributed by atoms with Crippen LogP contribution in [0.15, 0.2) is 54.3 Å². The molecule has 1 aromatic carbocycles. The number of benzene rings is 1. The smallest absolute Gasteiger partial charge is 0.338 e. The maximum atomic E-state index is 12.0. The van der Waals surface area contributed by atoms with Crippen molar-refractivity contribution in [3.05, 3.63) is 59.8 Å². The van der Waals surface area contributed by atoms with Gasteiger partial charge in [-0.15, -0.1) is 17.0 Å². The van der Waals surface area contributed by atoms with Crippen molar-refractivity contribution in [3.8, 4) is 0 Å². The van der Waals surface area contributed by atoms with E-state index in [1.807, 2.05) is 62.2 Å². The lowest BCUT2D eigenvalue weighted by molar-refractivity contribution is -0.149. The van der Waals surface area contributed by atoms with Crippen LogP contribution in [0.1, 0.15) is 26.3 Å². The standard InChI is InChI=1S/C17H22N2O2.BrH/c1-17(2,3)21-16(20)14-9-10-19(15(18)11-14)12-13-7-5-4-6-8-13;/h4-11,15H,12,18H2,1-3H3;1H. The topological polar surface area (TPSA) is 55.6 Å². The highest BCUT2D eigenvalue weighted by molar-refractivity contribution is 8.93. The summed E-state index contributed by atoms with van der Waals surface area (Å²) in [6.07, 6.45) is 4.99. The van der Waals surface area contributed by atoms with Crippen LogP contribution in [-0.2, 0) is 16.1 Å². The van der Waals surface area contributed by atoms with Crippen molar-refractivity contribution < 1.29 is 9.53 Å². The summed E-state index contributed by atoms with van der Waals surface area (Å²) >= 11 is 0. The molecule has 5 heteroatoms. The molecule has 120 valence electrons. The largest absolute Gasteiger partial charge is 0.456 e. The number of hydrogen-bond acceptors (Lipinski definition) is 4. The molecule has 2 rings (SSSR count). The second kappa shape index (κ2) is 7.61. The molecule has 0 aliphatic carbocycles. The summed E-state index contributed by atoms with van der Waals surface area (Å²) < 4.78 is 5.35. The van der Waals surface area contributed by atoms with Crippen molar-refractivity contribution in [2.45, 2.75) is 39.1 Å². The number of esters is 1. The lowest BCUT2D eigenvalue weighted by Crippen LogP contribution is -2.39. The third kappa shape index (κ3) is 5.31. The van der Waals surface area contributed by atoms with E-state index in [-0.39, 0.29) is 29.1 Å². The molecular formula is C17H23BrN2O2. The van der Waals surface area contributed by atoms with E-state index in [4.69, 9.17) is 10.5 Å². The number of carbonyl (C=O) groups is 1. The summed E-state index contributed by atoms with van der Waals surface area (Å²) in [6.45, 7) is 6.25. The molecule has 0 saturated heterocycles. The van der Waals surface area contributed by atoms with Crippen molar-refractivity contribution in [1.29, 1.82) is 0 Å². The second-order valence-corrected chi connectivity index (χ2v) is 6.09. The second-order valence-electron chi connectivity index (χ2n) is 6.09. The Hall–Kier alpha value is -1.59. The summed E-state index contributed by atoms with van der Waals surface area (Å²) in [4.78, 5) is 14.0. The molecule has 0 bridgehead atoms. The minimum absolute atomic E-state index is 0. The van der Waals surface area contributed by atoms with Crippen molar-refractivity contribution in [1.82, 2.24) is 4.90 Å². The predicted octanol–water partition coefficient (Wildman–Crippen LogP) is 3.15. The van der Waals surface area contributed by atoms with Gasteiger partial charge in [-0.3, -0.25) is 0 Å². The van der Waals surface area contributed by atoms with E-state index in [2.05, 4.69) is 0 Å². The summed E-state index contributed by atoms with van der Waals surface area (Å²) in [6, 6.07) is 10.1. The van der Waals surface area contributed by atoms with Gasteiger partial charge in [-0.1, -0.05) is 30.3 Å². The maximum absolute atomic E-state index is 12.0. The van der Waals surface area contributed by atoms with E-state index >= 15 is 0 Å². The Morgan fingerprint density at radius 3 is 2.45 bits per heavy atom. The fourth-order valence-electron chi connectivity index (χ4n) is 2.04. The molecule has 0 spiro atoms. The lowest BCUT2D eigenvalue weighted by atomic mass is 10.1. The molecule has 2 N–H and O–H groups in total. The number of halogens is 1. The van der Waals surface area contributed by atoms with E-state index in [1.54, 1.807) is 12.2 Å². The number of nitrogens with zero attached hydrogens (tertiary/aromatic N) is 1. The van der Waals surface area contributed by atoms with Gasteiger partial charge in [-0.05, 0) is 38.5 Å². The summed E-state index contributed by atoms with van der Waals surface area (Å²) in [5, 5.41) is 0. The fraction of sp³-hybridized carbons (Fsp3) is 0.353. The van der Waals surface area contributed by atoms with Gasteiger partial charge >= 0.3 is 5.97 Å². The fourth-order valence-corrected chi connectivity index (χ4v) is 2.04. The highest BCUT2D eigenvalue weighted by atomic mass is 79.9. The van der Waals surface area contributed by atoms with Gasteiger partial charge in [0.2, 0.25) is 0 Å². The highest BCUT2D eigenvalue weighted by Crippen LogP contribution is 2.18. The number of nitrogens with two attached hydrogens (primary N) is 1. The normalized spacial score (nSPS) is 17.5. The van der Waals surface area contributed by atoms with Gasteiger partial charge in [0.05, 0.1) is 11.7 Å². The molecule has 0 fully saturated rings. The molecular weight excluding hydrogens is 344 g/mol. The van der Waals surface area contributed by atoms with E-state index in [9.17, 15) is 4.79 Å². The van der Waals surface area contributed by atoms with Gasteiger partial charge in [-0.25, -0.2) is 4.79 Å². The van der Waals surface area contributed by atoms with Crippen molar-refractivity contribution in [3.63, 3.8) is 0 Å². The van der Waals surface area contributed by atoms with Crippen molar-refractivity contribution in [2.75, 3.05) is 0 Å². The molecule has 1 heterocycles. The Morgan fingerprint density at radius 1 is 1.27 bits per heavy atom. The summed E-state index contributed by atoms with van der Waals surface area (Å²) in [5.74, 6) is -0.339. The molecule has 1 aliphatic heterocycles. The first-order valence-electron chi connectivity index (χ1n) is 7.04. The molecule has 0 radical (unpaired) electrons. The number of hydrogen-bond donors (Lipinski definition) is 1. The first-order valence-corrected chi connectivity index (χ1v) is 7.04. The Morgan fingerprint density at radius 2 is 1.91 bits per heavy atom. The Kier molecular flexibility index (Phi) is 6.38. The average Bonchev–Trinajstić information content (AvgIpc) is 2.40. The molecule has 1 unspecified atom stereocenters. The quantitative estimate of drug-likeness (QED) is 0.834. The van der Waals surface area contributed by atoms with E-state index in [0.717, 1.165) is 0 Å².